The Morgan fingerprint density at radius 2 is 2.54 bits per heavy atom. The summed E-state index contributed by atoms with van der Waals surface area (Å²) in [5.41, 5.74) is 0. The second-order valence-electron chi connectivity index (χ2n) is 3.61. The van der Waals surface area contributed by atoms with Crippen LogP contribution in [0.15, 0.2) is 12.7 Å². The summed E-state index contributed by atoms with van der Waals surface area (Å²) in [7, 11) is 0. The van der Waals surface area contributed by atoms with Crippen molar-refractivity contribution in [3.05, 3.63) is 12.7 Å². The van der Waals surface area contributed by atoms with Crippen LogP contribution in [-0.2, 0) is 4.79 Å². The molecule has 1 unspecified atom stereocenters. The Balaban J connectivity index is 2.51. The second-order valence-corrected chi connectivity index (χ2v) is 3.61. The zero-order chi connectivity index (χ0) is 9.84. The highest BCUT2D eigenvalue weighted by molar-refractivity contribution is 5.79. The molecule has 1 amide bonds. The van der Waals surface area contributed by atoms with Crippen molar-refractivity contribution in [1.82, 2.24) is 4.90 Å². The van der Waals surface area contributed by atoms with Gasteiger partial charge < -0.3 is 10.0 Å². The molecule has 13 heavy (non-hydrogen) atoms. The maximum absolute atomic E-state index is 11.5. The first-order valence-electron chi connectivity index (χ1n) is 4.72. The monoisotopic (exact) mass is 183 g/mol. The third-order valence-electron chi connectivity index (χ3n) is 2.60. The van der Waals surface area contributed by atoms with Gasteiger partial charge in [0, 0.05) is 31.5 Å². The molecule has 0 aromatic heterocycles. The first kappa shape index (κ1) is 10.3. The summed E-state index contributed by atoms with van der Waals surface area (Å²) >= 11 is 0. The van der Waals surface area contributed by atoms with Crippen LogP contribution < -0.4 is 0 Å². The van der Waals surface area contributed by atoms with Gasteiger partial charge in [0.2, 0.25) is 5.91 Å². The average molecular weight is 183 g/mol. The number of aliphatic hydroxyl groups excluding tert-OH is 1. The van der Waals surface area contributed by atoms with Crippen LogP contribution in [0, 0.1) is 5.92 Å². The van der Waals surface area contributed by atoms with Gasteiger partial charge in [-0.25, -0.2) is 0 Å². The molecular weight excluding hydrogens is 166 g/mol. The molecule has 0 aliphatic carbocycles. The van der Waals surface area contributed by atoms with Crippen molar-refractivity contribution in [3.8, 4) is 0 Å². The quantitative estimate of drug-likeness (QED) is 0.655. The van der Waals surface area contributed by atoms with Crippen LogP contribution in [-0.4, -0.2) is 35.1 Å². The molecule has 1 rings (SSSR count). The number of nitrogens with zero attached hydrogens (tertiary/aromatic N) is 1. The largest absolute Gasteiger partial charge is 0.396 e. The number of hydrogen-bond donors (Lipinski definition) is 1. The molecule has 74 valence electrons. The second kappa shape index (κ2) is 4.42. The van der Waals surface area contributed by atoms with Crippen LogP contribution in [0.2, 0.25) is 0 Å². The van der Waals surface area contributed by atoms with Crippen molar-refractivity contribution in [2.24, 2.45) is 5.92 Å². The first-order chi connectivity index (χ1) is 6.19. The van der Waals surface area contributed by atoms with Crippen molar-refractivity contribution < 1.29 is 9.90 Å². The first-order valence-corrected chi connectivity index (χ1v) is 4.72. The lowest BCUT2D eigenvalue weighted by molar-refractivity contribution is -0.129. The van der Waals surface area contributed by atoms with Crippen molar-refractivity contribution in [2.75, 3.05) is 13.2 Å². The minimum atomic E-state index is 0.143. The molecule has 1 N–H and O–H groups in total. The maximum atomic E-state index is 11.5. The average Bonchev–Trinajstić information content (AvgIpc) is 2.47. The Kier molecular flexibility index (Phi) is 3.48. The van der Waals surface area contributed by atoms with E-state index < -0.39 is 0 Å². The molecule has 0 radical (unpaired) electrons. The maximum Gasteiger partial charge on any atom is 0.223 e. The molecule has 0 aromatic carbocycles. The number of likely N-dealkylation sites (tertiary alicyclic amines) is 1. The van der Waals surface area contributed by atoms with E-state index in [0.717, 1.165) is 6.54 Å². The van der Waals surface area contributed by atoms with Gasteiger partial charge in [0.05, 0.1) is 0 Å². The minimum Gasteiger partial charge on any atom is -0.396 e. The predicted molar refractivity (Wildman–Crippen MR) is 51.2 cm³/mol. The van der Waals surface area contributed by atoms with Gasteiger partial charge in [-0.2, -0.15) is 0 Å². The van der Waals surface area contributed by atoms with Gasteiger partial charge in [0.15, 0.2) is 0 Å². The van der Waals surface area contributed by atoms with Crippen LogP contribution in [0.25, 0.3) is 0 Å². The van der Waals surface area contributed by atoms with Gasteiger partial charge in [-0.1, -0.05) is 6.08 Å². The van der Waals surface area contributed by atoms with Crippen molar-refractivity contribution in [1.29, 1.82) is 0 Å². The molecule has 1 fully saturated rings. The Morgan fingerprint density at radius 3 is 3.00 bits per heavy atom. The van der Waals surface area contributed by atoms with Crippen molar-refractivity contribution in [3.63, 3.8) is 0 Å². The fourth-order valence-electron chi connectivity index (χ4n) is 1.69. The van der Waals surface area contributed by atoms with E-state index in [9.17, 15) is 4.79 Å². The van der Waals surface area contributed by atoms with Crippen LogP contribution in [0.5, 0.6) is 0 Å². The number of rotatable bonds is 4. The number of carbonyl (C=O) groups excluding carboxylic acids is 1. The zero-order valence-electron chi connectivity index (χ0n) is 8.07. The molecule has 0 bridgehead atoms. The van der Waals surface area contributed by atoms with Crippen LogP contribution in [0.1, 0.15) is 19.8 Å². The molecule has 1 aliphatic heterocycles. The van der Waals surface area contributed by atoms with E-state index in [2.05, 4.69) is 6.58 Å². The standard InChI is InChI=1S/C10H17NO2/c1-3-9-6-10(13)11(7-9)8(2)4-5-12/h3,8-9,12H,1,4-7H2,2H3/t8-,9?/m1/s1. The van der Waals surface area contributed by atoms with Crippen LogP contribution >= 0.6 is 0 Å². The molecule has 3 nitrogen and oxygen atoms in total. The molecule has 2 atom stereocenters. The lowest BCUT2D eigenvalue weighted by atomic mass is 10.1. The Bertz CT molecular complexity index is 203. The van der Waals surface area contributed by atoms with Crippen molar-refractivity contribution >= 4 is 5.91 Å². The molecule has 0 spiro atoms. The van der Waals surface area contributed by atoms with Crippen LogP contribution in [0.4, 0.5) is 0 Å². The van der Waals surface area contributed by atoms with Gasteiger partial charge in [-0.05, 0) is 13.3 Å². The summed E-state index contributed by atoms with van der Waals surface area (Å²) in [4.78, 5) is 13.3. The zero-order valence-corrected chi connectivity index (χ0v) is 8.07. The fourth-order valence-corrected chi connectivity index (χ4v) is 1.69. The van der Waals surface area contributed by atoms with Gasteiger partial charge in [0.25, 0.3) is 0 Å². The third-order valence-corrected chi connectivity index (χ3v) is 2.60. The predicted octanol–water partition coefficient (Wildman–Crippen LogP) is 0.792. The molecule has 1 heterocycles. The molecule has 0 aromatic rings. The summed E-state index contributed by atoms with van der Waals surface area (Å²) in [6.45, 7) is 6.57. The SMILES string of the molecule is C=CC1CC(=O)N([C@H](C)CCO)C1. The number of carbonyl (C=O) groups is 1. The van der Waals surface area contributed by atoms with E-state index in [-0.39, 0.29) is 18.6 Å². The highest BCUT2D eigenvalue weighted by Gasteiger charge is 2.30. The van der Waals surface area contributed by atoms with Gasteiger partial charge in [-0.3, -0.25) is 4.79 Å². The Morgan fingerprint density at radius 1 is 1.85 bits per heavy atom. The van der Waals surface area contributed by atoms with E-state index in [0.29, 0.717) is 18.8 Å². The van der Waals surface area contributed by atoms with E-state index in [1.165, 1.54) is 0 Å². The fraction of sp³-hybridized carbons (Fsp3) is 0.700. The summed E-state index contributed by atoms with van der Waals surface area (Å²) in [6, 6.07) is 0.155. The summed E-state index contributed by atoms with van der Waals surface area (Å²) < 4.78 is 0. The van der Waals surface area contributed by atoms with Gasteiger partial charge >= 0.3 is 0 Å². The normalized spacial score (nSPS) is 24.9. The minimum absolute atomic E-state index is 0.143. The molecule has 3 heteroatoms. The Hall–Kier alpha value is -0.830. The lowest BCUT2D eigenvalue weighted by Gasteiger charge is -2.23. The van der Waals surface area contributed by atoms with E-state index in [1.807, 2.05) is 17.9 Å². The van der Waals surface area contributed by atoms with E-state index in [4.69, 9.17) is 5.11 Å². The molecular formula is C10H17NO2. The number of amides is 1. The third kappa shape index (κ3) is 2.31. The molecule has 1 saturated heterocycles. The summed E-state index contributed by atoms with van der Waals surface area (Å²) in [5, 5.41) is 8.75. The topological polar surface area (TPSA) is 40.5 Å². The van der Waals surface area contributed by atoms with Gasteiger partial charge in [0.1, 0.15) is 0 Å². The molecule has 1 aliphatic rings. The van der Waals surface area contributed by atoms with E-state index in [1.54, 1.807) is 0 Å². The lowest BCUT2D eigenvalue weighted by Crippen LogP contribution is -2.34. The number of hydrogen-bond acceptors (Lipinski definition) is 2. The smallest absolute Gasteiger partial charge is 0.223 e. The van der Waals surface area contributed by atoms with E-state index >= 15 is 0 Å². The molecule has 0 saturated carbocycles. The number of aliphatic hydroxyl groups is 1. The van der Waals surface area contributed by atoms with Gasteiger partial charge in [-0.15, -0.1) is 6.58 Å². The Labute approximate surface area is 79.0 Å². The highest BCUT2D eigenvalue weighted by Crippen LogP contribution is 2.21. The highest BCUT2D eigenvalue weighted by atomic mass is 16.3. The summed E-state index contributed by atoms with van der Waals surface area (Å²) in [5.74, 6) is 0.486. The van der Waals surface area contributed by atoms with Crippen LogP contribution in [0.3, 0.4) is 0 Å². The summed E-state index contributed by atoms with van der Waals surface area (Å²) in [6.07, 6.45) is 3.08. The van der Waals surface area contributed by atoms with Crippen molar-refractivity contribution in [2.45, 2.75) is 25.8 Å².